The van der Waals surface area contributed by atoms with Crippen molar-refractivity contribution in [3.05, 3.63) is 24.3 Å². The van der Waals surface area contributed by atoms with Crippen molar-refractivity contribution in [1.29, 1.82) is 0 Å². The summed E-state index contributed by atoms with van der Waals surface area (Å²) in [5.74, 6) is 0. The summed E-state index contributed by atoms with van der Waals surface area (Å²) in [6.07, 6.45) is 1.94. The molecule has 14 heavy (non-hydrogen) atoms. The average Bonchev–Trinajstić information content (AvgIpc) is 2.66. The van der Waals surface area contributed by atoms with Crippen LogP contribution in [0.1, 0.15) is 0 Å². The van der Waals surface area contributed by atoms with Gasteiger partial charge >= 0.3 is 0 Å². The maximum Gasteiger partial charge on any atom is 0.139 e. The van der Waals surface area contributed by atoms with Crippen LogP contribution in [-0.4, -0.2) is 25.1 Å². The molecule has 0 saturated carbocycles. The molecule has 0 aliphatic carbocycles. The number of benzene rings is 1. The topological polar surface area (TPSA) is 48.5 Å². The molecular weight excluding hydrogens is 176 g/mol. The molecule has 1 aromatic rings. The molecule has 4 nitrogen and oxygen atoms in total. The molecule has 1 spiro atoms. The summed E-state index contributed by atoms with van der Waals surface area (Å²) in [6.45, 7) is 1.69. The minimum Gasteiger partial charge on any atom is -0.360 e. The lowest BCUT2D eigenvalue weighted by molar-refractivity contribution is 0.609. The summed E-state index contributed by atoms with van der Waals surface area (Å²) < 4.78 is 0. The minimum absolute atomic E-state index is 0.186. The van der Waals surface area contributed by atoms with Crippen LogP contribution in [0, 0.1) is 0 Å². The molecule has 0 bridgehead atoms. The third-order valence-electron chi connectivity index (χ3n) is 2.62. The number of nitrogens with zero attached hydrogens (tertiary/aromatic N) is 1. The predicted octanol–water partition coefficient (Wildman–Crippen LogP) is 0.661. The second-order valence-electron chi connectivity index (χ2n) is 3.65. The predicted molar refractivity (Wildman–Crippen MR) is 57.0 cm³/mol. The van der Waals surface area contributed by atoms with Gasteiger partial charge in [0.15, 0.2) is 0 Å². The van der Waals surface area contributed by atoms with Gasteiger partial charge < -0.3 is 10.6 Å². The van der Waals surface area contributed by atoms with Crippen molar-refractivity contribution in [1.82, 2.24) is 10.6 Å². The Hall–Kier alpha value is -1.39. The van der Waals surface area contributed by atoms with Gasteiger partial charge in [0.05, 0.1) is 11.4 Å². The van der Waals surface area contributed by atoms with E-state index in [0.29, 0.717) is 0 Å². The third-order valence-corrected chi connectivity index (χ3v) is 2.62. The van der Waals surface area contributed by atoms with E-state index in [9.17, 15) is 0 Å². The Morgan fingerprint density at radius 3 is 3.07 bits per heavy atom. The molecule has 0 aromatic heterocycles. The molecule has 1 saturated heterocycles. The molecule has 4 heteroatoms. The monoisotopic (exact) mass is 188 g/mol. The summed E-state index contributed by atoms with van der Waals surface area (Å²) in [4.78, 5) is 4.44. The minimum atomic E-state index is -0.186. The molecule has 2 aliphatic heterocycles. The van der Waals surface area contributed by atoms with Gasteiger partial charge in [0, 0.05) is 19.4 Å². The molecule has 3 N–H and O–H groups in total. The van der Waals surface area contributed by atoms with Crippen molar-refractivity contribution in [3.8, 4) is 0 Å². The second-order valence-corrected chi connectivity index (χ2v) is 3.65. The van der Waals surface area contributed by atoms with Gasteiger partial charge in [0.1, 0.15) is 5.66 Å². The molecule has 1 fully saturated rings. The first kappa shape index (κ1) is 7.96. The summed E-state index contributed by atoms with van der Waals surface area (Å²) >= 11 is 0. The number of hydrogen-bond acceptors (Lipinski definition) is 4. The number of aliphatic imine (C=N–C) groups is 1. The van der Waals surface area contributed by atoms with Crippen LogP contribution in [0.2, 0.25) is 0 Å². The van der Waals surface area contributed by atoms with Gasteiger partial charge in [0.25, 0.3) is 0 Å². The summed E-state index contributed by atoms with van der Waals surface area (Å²) in [6, 6.07) is 8.07. The SMILES string of the molecule is C1=Nc2ccccc2NC12CNCN2. The van der Waals surface area contributed by atoms with E-state index in [1.807, 2.05) is 30.5 Å². The van der Waals surface area contributed by atoms with Gasteiger partial charge in [-0.1, -0.05) is 12.1 Å². The molecule has 72 valence electrons. The molecule has 3 rings (SSSR count). The lowest BCUT2D eigenvalue weighted by atomic mass is 10.1. The molecule has 2 aliphatic rings. The molecule has 0 radical (unpaired) electrons. The Morgan fingerprint density at radius 2 is 2.21 bits per heavy atom. The zero-order valence-corrected chi connectivity index (χ0v) is 7.75. The van der Waals surface area contributed by atoms with E-state index in [1.54, 1.807) is 0 Å². The highest BCUT2D eigenvalue weighted by Crippen LogP contribution is 2.30. The number of para-hydroxylation sites is 2. The van der Waals surface area contributed by atoms with Crippen LogP contribution in [0.3, 0.4) is 0 Å². The lowest BCUT2D eigenvalue weighted by Crippen LogP contribution is -2.52. The Morgan fingerprint density at radius 1 is 1.29 bits per heavy atom. The second kappa shape index (κ2) is 2.80. The van der Waals surface area contributed by atoms with Crippen LogP contribution < -0.4 is 16.0 Å². The largest absolute Gasteiger partial charge is 0.360 e. The normalized spacial score (nSPS) is 28.9. The maximum absolute atomic E-state index is 4.44. The van der Waals surface area contributed by atoms with Crippen molar-refractivity contribution in [2.75, 3.05) is 18.5 Å². The van der Waals surface area contributed by atoms with Gasteiger partial charge in [-0.25, -0.2) is 0 Å². The summed E-state index contributed by atoms with van der Waals surface area (Å²) in [5.41, 5.74) is 1.91. The van der Waals surface area contributed by atoms with Crippen molar-refractivity contribution < 1.29 is 0 Å². The van der Waals surface area contributed by atoms with E-state index in [4.69, 9.17) is 0 Å². The number of nitrogens with one attached hydrogen (secondary N) is 3. The molecule has 2 heterocycles. The fraction of sp³-hybridized carbons (Fsp3) is 0.300. The highest BCUT2D eigenvalue weighted by Gasteiger charge is 2.33. The first-order valence-corrected chi connectivity index (χ1v) is 4.76. The van der Waals surface area contributed by atoms with Crippen LogP contribution in [0.4, 0.5) is 11.4 Å². The van der Waals surface area contributed by atoms with Gasteiger partial charge in [-0.15, -0.1) is 0 Å². The Balaban J connectivity index is 2.00. The van der Waals surface area contributed by atoms with E-state index in [2.05, 4.69) is 20.9 Å². The van der Waals surface area contributed by atoms with Crippen molar-refractivity contribution >= 4 is 17.6 Å². The molecule has 1 aromatic carbocycles. The fourth-order valence-corrected chi connectivity index (χ4v) is 1.87. The zero-order chi connectivity index (χ0) is 9.43. The number of rotatable bonds is 0. The average molecular weight is 188 g/mol. The van der Waals surface area contributed by atoms with E-state index >= 15 is 0 Å². The van der Waals surface area contributed by atoms with E-state index < -0.39 is 0 Å². The quantitative estimate of drug-likeness (QED) is 0.560. The summed E-state index contributed by atoms with van der Waals surface area (Å²) in [5, 5.41) is 10.0. The first-order valence-electron chi connectivity index (χ1n) is 4.76. The van der Waals surface area contributed by atoms with Crippen LogP contribution in [0.15, 0.2) is 29.3 Å². The number of fused-ring (bicyclic) bond motifs is 1. The van der Waals surface area contributed by atoms with Gasteiger partial charge in [0.2, 0.25) is 0 Å². The van der Waals surface area contributed by atoms with Crippen molar-refractivity contribution in [3.63, 3.8) is 0 Å². The van der Waals surface area contributed by atoms with E-state index in [1.165, 1.54) is 0 Å². The van der Waals surface area contributed by atoms with Crippen molar-refractivity contribution in [2.24, 2.45) is 4.99 Å². The van der Waals surface area contributed by atoms with Gasteiger partial charge in [-0.2, -0.15) is 0 Å². The van der Waals surface area contributed by atoms with Crippen LogP contribution >= 0.6 is 0 Å². The maximum atomic E-state index is 4.44. The Labute approximate surface area is 82.4 Å². The Kier molecular flexibility index (Phi) is 1.59. The highest BCUT2D eigenvalue weighted by atomic mass is 15.3. The summed E-state index contributed by atoms with van der Waals surface area (Å²) in [7, 11) is 0. The standard InChI is InChI=1S/C10H12N4/c1-2-4-9-8(3-1)12-6-10(14-9)5-11-7-13-10/h1-4,6,11,13-14H,5,7H2. The van der Waals surface area contributed by atoms with Crippen molar-refractivity contribution in [2.45, 2.75) is 5.66 Å². The van der Waals surface area contributed by atoms with Gasteiger partial charge in [-0.3, -0.25) is 10.3 Å². The van der Waals surface area contributed by atoms with E-state index in [-0.39, 0.29) is 5.66 Å². The van der Waals surface area contributed by atoms with Gasteiger partial charge in [-0.05, 0) is 12.1 Å². The molecule has 1 atom stereocenters. The zero-order valence-electron chi connectivity index (χ0n) is 7.75. The van der Waals surface area contributed by atoms with Crippen LogP contribution in [0.5, 0.6) is 0 Å². The lowest BCUT2D eigenvalue weighted by Gasteiger charge is -2.30. The van der Waals surface area contributed by atoms with Crippen LogP contribution in [0.25, 0.3) is 0 Å². The fourth-order valence-electron chi connectivity index (χ4n) is 1.87. The number of hydrogen-bond donors (Lipinski definition) is 3. The smallest absolute Gasteiger partial charge is 0.139 e. The Bertz CT molecular complexity index is 379. The molecule has 0 amide bonds. The molecular formula is C10H12N4. The third kappa shape index (κ3) is 1.12. The van der Waals surface area contributed by atoms with E-state index in [0.717, 1.165) is 24.6 Å². The first-order chi connectivity index (χ1) is 6.88. The van der Waals surface area contributed by atoms with Crippen LogP contribution in [-0.2, 0) is 0 Å². The highest BCUT2D eigenvalue weighted by molar-refractivity contribution is 5.86. The molecule has 1 unspecified atom stereocenters. The number of anilines is 1.